The fourth-order valence-electron chi connectivity index (χ4n) is 5.44. The van der Waals surface area contributed by atoms with Crippen LogP contribution >= 0.6 is 0 Å². The van der Waals surface area contributed by atoms with Crippen LogP contribution in [0.5, 0.6) is 0 Å². The molecule has 10 heteroatoms. The van der Waals surface area contributed by atoms with Gasteiger partial charge in [-0.2, -0.15) is 22.7 Å². The molecule has 1 unspecified atom stereocenters. The van der Waals surface area contributed by atoms with Crippen LogP contribution in [0.1, 0.15) is 62.3 Å². The number of rotatable bonds is 7. The number of anilines is 1. The molecule has 2 aliphatic rings. The van der Waals surface area contributed by atoms with Gasteiger partial charge in [0, 0.05) is 24.7 Å². The third-order valence-corrected chi connectivity index (χ3v) is 7.09. The summed E-state index contributed by atoms with van der Waals surface area (Å²) >= 11 is 0. The van der Waals surface area contributed by atoms with Crippen molar-refractivity contribution in [3.05, 3.63) is 52.9 Å². The molecule has 0 amide bonds. The summed E-state index contributed by atoms with van der Waals surface area (Å²) in [5, 5.41) is 10.1. The molecule has 1 fully saturated rings. The van der Waals surface area contributed by atoms with Gasteiger partial charge in [0.1, 0.15) is 5.82 Å². The SMILES string of the molecule is CCCCN1CCC(Nc2cnc(C3=C(CC(F)(F)F)CCCc4c3ccc3n[nH]c(F)c43)cn2)C1. The van der Waals surface area contributed by atoms with E-state index < -0.39 is 18.5 Å². The maximum atomic E-state index is 14.6. The lowest BCUT2D eigenvalue weighted by Gasteiger charge is -2.18. The zero-order chi connectivity index (χ0) is 25.3. The van der Waals surface area contributed by atoms with E-state index >= 15 is 0 Å². The van der Waals surface area contributed by atoms with Gasteiger partial charge in [0.05, 0.1) is 35.4 Å². The molecule has 1 atom stereocenters. The van der Waals surface area contributed by atoms with Crippen molar-refractivity contribution in [3.8, 4) is 0 Å². The van der Waals surface area contributed by atoms with E-state index in [0.717, 1.165) is 32.5 Å². The minimum atomic E-state index is -4.36. The van der Waals surface area contributed by atoms with Gasteiger partial charge in [0.2, 0.25) is 5.95 Å². The Hall–Kier alpha value is -3.01. The average molecular weight is 503 g/mol. The van der Waals surface area contributed by atoms with E-state index in [9.17, 15) is 17.6 Å². The van der Waals surface area contributed by atoms with Gasteiger partial charge in [-0.05, 0) is 55.8 Å². The largest absolute Gasteiger partial charge is 0.392 e. The molecule has 6 nitrogen and oxygen atoms in total. The minimum Gasteiger partial charge on any atom is -0.365 e. The topological polar surface area (TPSA) is 69.7 Å². The summed E-state index contributed by atoms with van der Waals surface area (Å²) in [6.45, 7) is 5.23. The number of fused-ring (bicyclic) bond motifs is 3. The predicted octanol–water partition coefficient (Wildman–Crippen LogP) is 5.87. The van der Waals surface area contributed by atoms with Crippen LogP contribution in [-0.4, -0.2) is 56.9 Å². The maximum absolute atomic E-state index is 14.6. The second-order valence-electron chi connectivity index (χ2n) is 9.72. The van der Waals surface area contributed by atoms with Gasteiger partial charge in [0.25, 0.3) is 0 Å². The van der Waals surface area contributed by atoms with Gasteiger partial charge in [-0.3, -0.25) is 10.1 Å². The summed E-state index contributed by atoms with van der Waals surface area (Å²) in [5.41, 5.74) is 2.70. The standard InChI is InChI=1S/C26H30F4N6/c1-2-3-10-36-11-9-17(15-36)33-22-14-31-21(13-32-22)23-16(12-26(28,29)30)5-4-6-18-19(23)7-8-20-24(18)25(27)35-34-20/h7-8,13-14,17H,2-6,9-12,15H2,1H3,(H,32,33)(H,34,35). The summed E-state index contributed by atoms with van der Waals surface area (Å²) < 4.78 is 55.2. The highest BCUT2D eigenvalue weighted by molar-refractivity contribution is 5.92. The Balaban J connectivity index is 1.47. The molecular formula is C26H30F4N6. The highest BCUT2D eigenvalue weighted by Gasteiger charge is 2.33. The fourth-order valence-corrected chi connectivity index (χ4v) is 5.44. The van der Waals surface area contributed by atoms with Gasteiger partial charge in [-0.25, -0.2) is 4.98 Å². The Kier molecular flexibility index (Phi) is 6.96. The number of alkyl halides is 3. The molecule has 0 saturated carbocycles. The second-order valence-corrected chi connectivity index (χ2v) is 9.72. The van der Waals surface area contributed by atoms with E-state index in [-0.39, 0.29) is 18.0 Å². The first-order valence-electron chi connectivity index (χ1n) is 12.6. The van der Waals surface area contributed by atoms with Crippen molar-refractivity contribution < 1.29 is 17.6 Å². The molecule has 0 radical (unpaired) electrons. The van der Waals surface area contributed by atoms with E-state index in [1.165, 1.54) is 12.6 Å². The number of hydrogen-bond acceptors (Lipinski definition) is 5. The Bertz CT molecular complexity index is 1250. The van der Waals surface area contributed by atoms with Crippen molar-refractivity contribution in [2.24, 2.45) is 0 Å². The van der Waals surface area contributed by atoms with E-state index in [1.807, 2.05) is 0 Å². The molecule has 1 aliphatic heterocycles. The number of aromatic amines is 1. The van der Waals surface area contributed by atoms with Gasteiger partial charge in [0.15, 0.2) is 0 Å². The van der Waals surface area contributed by atoms with Crippen LogP contribution in [0.2, 0.25) is 0 Å². The predicted molar refractivity (Wildman–Crippen MR) is 131 cm³/mol. The fraction of sp³-hybridized carbons (Fsp3) is 0.500. The highest BCUT2D eigenvalue weighted by atomic mass is 19.4. The van der Waals surface area contributed by atoms with E-state index in [4.69, 9.17) is 0 Å². The summed E-state index contributed by atoms with van der Waals surface area (Å²) in [6, 6.07) is 3.63. The number of allylic oxidation sites excluding steroid dienone is 1. The number of halogens is 4. The van der Waals surface area contributed by atoms with Gasteiger partial charge >= 0.3 is 6.18 Å². The Morgan fingerprint density at radius 3 is 2.78 bits per heavy atom. The summed E-state index contributed by atoms with van der Waals surface area (Å²) in [5.74, 6) is 0.0277. The number of nitrogens with one attached hydrogen (secondary N) is 2. The molecule has 2 aromatic heterocycles. The Morgan fingerprint density at radius 1 is 1.17 bits per heavy atom. The third kappa shape index (κ3) is 5.23. The Labute approximate surface area is 207 Å². The first-order chi connectivity index (χ1) is 17.3. The first-order valence-corrected chi connectivity index (χ1v) is 12.6. The number of nitrogens with zero attached hydrogens (tertiary/aromatic N) is 4. The van der Waals surface area contributed by atoms with Crippen LogP contribution in [0.25, 0.3) is 16.5 Å². The lowest BCUT2D eigenvalue weighted by atomic mass is 9.91. The molecule has 1 aliphatic carbocycles. The van der Waals surface area contributed by atoms with Crippen molar-refractivity contribution >= 4 is 22.3 Å². The summed E-state index contributed by atoms with van der Waals surface area (Å²) in [4.78, 5) is 11.5. The van der Waals surface area contributed by atoms with Crippen molar-refractivity contribution in [3.63, 3.8) is 0 Å². The number of H-pyrrole nitrogens is 1. The molecule has 3 heterocycles. The summed E-state index contributed by atoms with van der Waals surface area (Å²) in [6.07, 6.45) is 2.25. The molecule has 0 bridgehead atoms. The van der Waals surface area contributed by atoms with Crippen LogP contribution in [0.3, 0.4) is 0 Å². The van der Waals surface area contributed by atoms with Crippen molar-refractivity contribution in [2.45, 2.75) is 64.1 Å². The van der Waals surface area contributed by atoms with Crippen LogP contribution in [-0.2, 0) is 6.42 Å². The normalized spacial score (nSPS) is 19.1. The molecule has 1 saturated heterocycles. The quantitative estimate of drug-likeness (QED) is 0.396. The molecule has 3 aromatic rings. The van der Waals surface area contributed by atoms with E-state index in [1.54, 1.807) is 18.3 Å². The molecule has 1 aromatic carbocycles. The monoisotopic (exact) mass is 502 g/mol. The van der Waals surface area contributed by atoms with Gasteiger partial charge in [-0.15, -0.1) is 0 Å². The van der Waals surface area contributed by atoms with Crippen LogP contribution in [0, 0.1) is 5.95 Å². The Morgan fingerprint density at radius 2 is 2.03 bits per heavy atom. The minimum absolute atomic E-state index is 0.252. The number of hydrogen-bond donors (Lipinski definition) is 2. The van der Waals surface area contributed by atoms with Crippen LogP contribution in [0.15, 0.2) is 30.1 Å². The molecule has 36 heavy (non-hydrogen) atoms. The van der Waals surface area contributed by atoms with Crippen molar-refractivity contribution in [1.29, 1.82) is 0 Å². The van der Waals surface area contributed by atoms with Crippen LogP contribution < -0.4 is 5.32 Å². The van der Waals surface area contributed by atoms with E-state index in [0.29, 0.717) is 52.0 Å². The highest BCUT2D eigenvalue weighted by Crippen LogP contribution is 2.41. The molecule has 2 N–H and O–H groups in total. The number of aromatic nitrogens is 4. The molecular weight excluding hydrogens is 472 g/mol. The zero-order valence-electron chi connectivity index (χ0n) is 20.3. The maximum Gasteiger partial charge on any atom is 0.392 e. The van der Waals surface area contributed by atoms with E-state index in [2.05, 4.69) is 37.3 Å². The second kappa shape index (κ2) is 10.2. The zero-order valence-corrected chi connectivity index (χ0v) is 20.3. The first kappa shape index (κ1) is 24.7. The number of aryl methyl sites for hydroxylation is 1. The van der Waals surface area contributed by atoms with Gasteiger partial charge in [-0.1, -0.05) is 25.0 Å². The van der Waals surface area contributed by atoms with Gasteiger partial charge < -0.3 is 10.2 Å². The smallest absolute Gasteiger partial charge is 0.365 e. The number of likely N-dealkylation sites (tertiary alicyclic amines) is 1. The van der Waals surface area contributed by atoms with Crippen molar-refractivity contribution in [1.82, 2.24) is 25.1 Å². The lowest BCUT2D eigenvalue weighted by Crippen LogP contribution is -2.27. The molecule has 5 rings (SSSR count). The number of benzene rings is 1. The lowest BCUT2D eigenvalue weighted by molar-refractivity contribution is -0.127. The summed E-state index contributed by atoms with van der Waals surface area (Å²) in [7, 11) is 0. The average Bonchev–Trinajstić information content (AvgIpc) is 3.40. The van der Waals surface area contributed by atoms with Crippen LogP contribution in [0.4, 0.5) is 23.4 Å². The number of unbranched alkanes of at least 4 members (excludes halogenated alkanes) is 1. The van der Waals surface area contributed by atoms with Crippen molar-refractivity contribution in [2.75, 3.05) is 25.0 Å². The molecule has 192 valence electrons. The third-order valence-electron chi connectivity index (χ3n) is 7.09. The molecule has 0 spiro atoms.